The molecule has 1 heterocycles. The van der Waals surface area contributed by atoms with E-state index in [1.54, 1.807) is 22.9 Å². The van der Waals surface area contributed by atoms with Crippen LogP contribution < -0.4 is 5.46 Å². The lowest BCUT2D eigenvalue weighted by Gasteiger charge is -2.20. The summed E-state index contributed by atoms with van der Waals surface area (Å²) in [4.78, 5) is 0. The van der Waals surface area contributed by atoms with Crippen molar-refractivity contribution < 1.29 is 10.0 Å². The van der Waals surface area contributed by atoms with Crippen molar-refractivity contribution in [3.05, 3.63) is 24.3 Å². The number of hydrogen-bond donors (Lipinski definition) is 2. The van der Waals surface area contributed by atoms with Gasteiger partial charge in [0.25, 0.3) is 0 Å². The molecule has 7 heteroatoms. The highest BCUT2D eigenvalue weighted by Crippen LogP contribution is 2.20. The summed E-state index contributed by atoms with van der Waals surface area (Å²) in [7, 11) is -1.55. The molecule has 0 spiro atoms. The molecular weight excluding hydrogens is 231 g/mol. The van der Waals surface area contributed by atoms with Crippen molar-refractivity contribution in [2.75, 3.05) is 0 Å². The standard InChI is InChI=1S/C11H15BN4O2/c1-11(2,3)16-10(13-14-15-16)8-6-4-5-7-9(8)12(17)18/h4-7,17-18H,1-3H3. The van der Waals surface area contributed by atoms with Crippen molar-refractivity contribution in [1.82, 2.24) is 20.2 Å². The van der Waals surface area contributed by atoms with Gasteiger partial charge in [0.05, 0.1) is 5.54 Å². The second-order valence-corrected chi connectivity index (χ2v) is 5.05. The number of hydrogen-bond acceptors (Lipinski definition) is 5. The number of nitrogens with zero attached hydrogens (tertiary/aromatic N) is 4. The fourth-order valence-electron chi connectivity index (χ4n) is 1.73. The van der Waals surface area contributed by atoms with Crippen LogP contribution in [0.3, 0.4) is 0 Å². The highest BCUT2D eigenvalue weighted by Gasteiger charge is 2.24. The van der Waals surface area contributed by atoms with E-state index in [4.69, 9.17) is 0 Å². The molecule has 2 rings (SSSR count). The van der Waals surface area contributed by atoms with Crippen LogP contribution in [0.1, 0.15) is 20.8 Å². The third-order valence-corrected chi connectivity index (χ3v) is 2.58. The Morgan fingerprint density at radius 1 is 1.17 bits per heavy atom. The largest absolute Gasteiger partial charge is 0.489 e. The minimum atomic E-state index is -1.55. The van der Waals surface area contributed by atoms with Gasteiger partial charge < -0.3 is 10.0 Å². The molecule has 0 bridgehead atoms. The molecule has 0 radical (unpaired) electrons. The van der Waals surface area contributed by atoms with Crippen molar-refractivity contribution in [2.45, 2.75) is 26.3 Å². The van der Waals surface area contributed by atoms with Crippen molar-refractivity contribution in [2.24, 2.45) is 0 Å². The van der Waals surface area contributed by atoms with E-state index in [9.17, 15) is 10.0 Å². The average Bonchev–Trinajstić information content (AvgIpc) is 2.77. The predicted molar refractivity (Wildman–Crippen MR) is 68.1 cm³/mol. The van der Waals surface area contributed by atoms with Crippen molar-refractivity contribution in [1.29, 1.82) is 0 Å². The van der Waals surface area contributed by atoms with Crippen LogP contribution in [0.2, 0.25) is 0 Å². The molecule has 1 aromatic heterocycles. The molecule has 94 valence electrons. The summed E-state index contributed by atoms with van der Waals surface area (Å²) >= 11 is 0. The summed E-state index contributed by atoms with van der Waals surface area (Å²) < 4.78 is 1.66. The molecule has 0 unspecified atom stereocenters. The van der Waals surface area contributed by atoms with Crippen LogP contribution >= 0.6 is 0 Å². The van der Waals surface area contributed by atoms with Gasteiger partial charge in [0.15, 0.2) is 5.82 Å². The molecule has 0 amide bonds. The third kappa shape index (κ3) is 2.27. The monoisotopic (exact) mass is 246 g/mol. The zero-order valence-corrected chi connectivity index (χ0v) is 10.6. The van der Waals surface area contributed by atoms with Gasteiger partial charge in [-0.2, -0.15) is 0 Å². The number of rotatable bonds is 2. The highest BCUT2D eigenvalue weighted by atomic mass is 16.4. The van der Waals surface area contributed by atoms with Crippen LogP contribution in [-0.2, 0) is 5.54 Å². The Balaban J connectivity index is 2.60. The van der Waals surface area contributed by atoms with Gasteiger partial charge in [0.1, 0.15) is 0 Å². The van der Waals surface area contributed by atoms with E-state index in [2.05, 4.69) is 15.5 Å². The minimum Gasteiger partial charge on any atom is -0.423 e. The molecule has 0 saturated carbocycles. The van der Waals surface area contributed by atoms with Crippen LogP contribution in [-0.4, -0.2) is 37.4 Å². The smallest absolute Gasteiger partial charge is 0.423 e. The zero-order chi connectivity index (χ0) is 13.3. The highest BCUT2D eigenvalue weighted by molar-refractivity contribution is 6.60. The van der Waals surface area contributed by atoms with Crippen LogP contribution in [0.5, 0.6) is 0 Å². The summed E-state index contributed by atoms with van der Waals surface area (Å²) in [6.07, 6.45) is 0. The zero-order valence-electron chi connectivity index (χ0n) is 10.6. The molecular formula is C11H15BN4O2. The van der Waals surface area contributed by atoms with E-state index < -0.39 is 7.12 Å². The molecule has 0 fully saturated rings. The number of benzene rings is 1. The summed E-state index contributed by atoms with van der Waals surface area (Å²) in [5.74, 6) is 0.520. The summed E-state index contributed by atoms with van der Waals surface area (Å²) in [6, 6.07) is 6.96. The molecule has 6 nitrogen and oxygen atoms in total. The van der Waals surface area contributed by atoms with Gasteiger partial charge in [-0.25, -0.2) is 4.68 Å². The summed E-state index contributed by atoms with van der Waals surface area (Å²) in [5.41, 5.74) is 0.719. The lowest BCUT2D eigenvalue weighted by molar-refractivity contribution is 0.351. The first-order chi connectivity index (χ1) is 8.41. The maximum Gasteiger partial charge on any atom is 0.489 e. The SMILES string of the molecule is CC(C)(C)n1nnnc1-c1ccccc1B(O)O. The van der Waals surface area contributed by atoms with Crippen molar-refractivity contribution in [3.8, 4) is 11.4 Å². The summed E-state index contributed by atoms with van der Waals surface area (Å²) in [5, 5.41) is 30.3. The molecule has 0 aliphatic heterocycles. The molecule has 18 heavy (non-hydrogen) atoms. The number of tetrazole rings is 1. The Labute approximate surface area is 105 Å². The quantitative estimate of drug-likeness (QED) is 0.715. The van der Waals surface area contributed by atoms with E-state index >= 15 is 0 Å². The van der Waals surface area contributed by atoms with Gasteiger partial charge in [0, 0.05) is 5.56 Å². The fraction of sp³-hybridized carbons (Fsp3) is 0.364. The fourth-order valence-corrected chi connectivity index (χ4v) is 1.73. The minimum absolute atomic E-state index is 0.285. The second kappa shape index (κ2) is 4.51. The van der Waals surface area contributed by atoms with E-state index in [1.165, 1.54) is 0 Å². The summed E-state index contributed by atoms with van der Waals surface area (Å²) in [6.45, 7) is 5.93. The maximum absolute atomic E-state index is 9.37. The predicted octanol–water partition coefficient (Wildman–Crippen LogP) is -0.225. The van der Waals surface area contributed by atoms with Gasteiger partial charge >= 0.3 is 7.12 Å². The molecule has 0 saturated heterocycles. The normalized spacial score (nSPS) is 11.6. The van der Waals surface area contributed by atoms with Gasteiger partial charge in [-0.1, -0.05) is 24.3 Å². The Bertz CT molecular complexity index is 548. The Morgan fingerprint density at radius 2 is 1.83 bits per heavy atom. The van der Waals surface area contributed by atoms with E-state index in [1.807, 2.05) is 26.8 Å². The van der Waals surface area contributed by atoms with E-state index in [0.717, 1.165) is 0 Å². The lowest BCUT2D eigenvalue weighted by atomic mass is 9.77. The van der Waals surface area contributed by atoms with Crippen LogP contribution in [0.25, 0.3) is 11.4 Å². The van der Waals surface area contributed by atoms with Crippen LogP contribution in [0, 0.1) is 0 Å². The van der Waals surface area contributed by atoms with Crippen molar-refractivity contribution >= 4 is 12.6 Å². The molecule has 1 aromatic carbocycles. The van der Waals surface area contributed by atoms with E-state index in [-0.39, 0.29) is 5.54 Å². The van der Waals surface area contributed by atoms with Gasteiger partial charge in [0.2, 0.25) is 0 Å². The third-order valence-electron chi connectivity index (χ3n) is 2.58. The first-order valence-electron chi connectivity index (χ1n) is 5.65. The van der Waals surface area contributed by atoms with Gasteiger partial charge in [-0.05, 0) is 36.7 Å². The van der Waals surface area contributed by atoms with Gasteiger partial charge in [-0.3, -0.25) is 0 Å². The number of aromatic nitrogens is 4. The molecule has 0 aliphatic rings. The molecule has 0 aliphatic carbocycles. The Kier molecular flexibility index (Phi) is 3.19. The molecule has 0 atom stereocenters. The Morgan fingerprint density at radius 3 is 2.44 bits per heavy atom. The van der Waals surface area contributed by atoms with Crippen molar-refractivity contribution in [3.63, 3.8) is 0 Å². The lowest BCUT2D eigenvalue weighted by Crippen LogP contribution is -2.33. The van der Waals surface area contributed by atoms with Gasteiger partial charge in [-0.15, -0.1) is 5.10 Å². The first-order valence-corrected chi connectivity index (χ1v) is 5.65. The Hall–Kier alpha value is -1.73. The van der Waals surface area contributed by atoms with Crippen LogP contribution in [0.4, 0.5) is 0 Å². The first kappa shape index (κ1) is 12.7. The van der Waals surface area contributed by atoms with Crippen LogP contribution in [0.15, 0.2) is 24.3 Å². The second-order valence-electron chi connectivity index (χ2n) is 5.05. The van der Waals surface area contributed by atoms with E-state index in [0.29, 0.717) is 16.9 Å². The maximum atomic E-state index is 9.37. The molecule has 2 aromatic rings. The average molecular weight is 246 g/mol. The topological polar surface area (TPSA) is 84.1 Å². The molecule has 2 N–H and O–H groups in total.